The summed E-state index contributed by atoms with van der Waals surface area (Å²) < 4.78 is 29.4. The minimum absolute atomic E-state index is 0.00896. The van der Waals surface area contributed by atoms with E-state index in [4.69, 9.17) is 5.11 Å². The third-order valence-corrected chi connectivity index (χ3v) is 3.88. The molecule has 0 unspecified atom stereocenters. The molecule has 0 spiro atoms. The lowest BCUT2D eigenvalue weighted by atomic mass is 9.94. The molecule has 3 rings (SSSR count). The van der Waals surface area contributed by atoms with Crippen molar-refractivity contribution in [3.8, 4) is 11.5 Å². The number of alkyl halides is 1. The van der Waals surface area contributed by atoms with Crippen LogP contribution in [0.15, 0.2) is 12.5 Å². The summed E-state index contributed by atoms with van der Waals surface area (Å²) >= 11 is 0. The summed E-state index contributed by atoms with van der Waals surface area (Å²) in [6.07, 6.45) is 1.94. The fourth-order valence-electron chi connectivity index (χ4n) is 2.45. The number of anilines is 1. The van der Waals surface area contributed by atoms with E-state index in [9.17, 15) is 13.6 Å². The van der Waals surface area contributed by atoms with E-state index in [-0.39, 0.29) is 43.4 Å². The van der Waals surface area contributed by atoms with Gasteiger partial charge in [-0.3, -0.25) is 0 Å². The molecule has 1 N–H and O–H groups in total. The lowest BCUT2D eigenvalue weighted by molar-refractivity contribution is -0.152. The van der Waals surface area contributed by atoms with E-state index in [0.717, 1.165) is 6.20 Å². The molecule has 0 aliphatic carbocycles. The lowest BCUT2D eigenvalue weighted by Crippen LogP contribution is -2.47. The summed E-state index contributed by atoms with van der Waals surface area (Å²) in [6, 6.07) is 0. The van der Waals surface area contributed by atoms with Gasteiger partial charge in [0.25, 0.3) is 0 Å². The van der Waals surface area contributed by atoms with Gasteiger partial charge in [-0.1, -0.05) is 0 Å². The van der Waals surface area contributed by atoms with Crippen molar-refractivity contribution in [1.29, 1.82) is 0 Å². The van der Waals surface area contributed by atoms with Gasteiger partial charge in [-0.15, -0.1) is 0 Å². The predicted octanol–water partition coefficient (Wildman–Crippen LogP) is 0.804. The second kappa shape index (κ2) is 5.52. The van der Waals surface area contributed by atoms with Crippen molar-refractivity contribution >= 4 is 11.9 Å². The number of piperidine rings is 1. The van der Waals surface area contributed by atoms with Gasteiger partial charge >= 0.3 is 5.97 Å². The Balaban J connectivity index is 1.86. The fraction of sp³-hybridized carbons (Fsp3) is 0.462. The van der Waals surface area contributed by atoms with Crippen LogP contribution in [0.1, 0.15) is 12.8 Å². The zero-order chi connectivity index (χ0) is 16.6. The van der Waals surface area contributed by atoms with E-state index in [1.54, 1.807) is 11.9 Å². The third kappa shape index (κ3) is 2.71. The van der Waals surface area contributed by atoms with Crippen LogP contribution in [-0.2, 0) is 11.8 Å². The molecule has 1 fully saturated rings. The normalized spacial score (nSPS) is 17.3. The Morgan fingerprint density at radius 2 is 2.04 bits per heavy atom. The van der Waals surface area contributed by atoms with Crippen molar-refractivity contribution in [3.05, 3.63) is 18.3 Å². The fourth-order valence-corrected chi connectivity index (χ4v) is 2.45. The first-order valence-electron chi connectivity index (χ1n) is 6.95. The summed E-state index contributed by atoms with van der Waals surface area (Å²) in [5.74, 6) is -1.66. The number of aryl methyl sites for hydroxylation is 1. The van der Waals surface area contributed by atoms with Gasteiger partial charge in [0.05, 0.1) is 6.20 Å². The Labute approximate surface area is 129 Å². The zero-order valence-corrected chi connectivity index (χ0v) is 12.3. The van der Waals surface area contributed by atoms with E-state index in [0.29, 0.717) is 0 Å². The van der Waals surface area contributed by atoms with E-state index in [2.05, 4.69) is 20.1 Å². The molecule has 1 saturated heterocycles. The van der Waals surface area contributed by atoms with Gasteiger partial charge in [-0.25, -0.2) is 33.2 Å². The van der Waals surface area contributed by atoms with Gasteiger partial charge in [0.1, 0.15) is 12.0 Å². The van der Waals surface area contributed by atoms with Gasteiger partial charge in [0.15, 0.2) is 11.6 Å². The number of rotatable bonds is 3. The van der Waals surface area contributed by atoms with Crippen molar-refractivity contribution in [2.24, 2.45) is 7.05 Å². The molecule has 10 heteroatoms. The molecule has 3 heterocycles. The van der Waals surface area contributed by atoms with Crippen molar-refractivity contribution in [3.63, 3.8) is 0 Å². The molecule has 2 aromatic rings. The minimum atomic E-state index is -2.23. The van der Waals surface area contributed by atoms with Crippen LogP contribution >= 0.6 is 0 Å². The van der Waals surface area contributed by atoms with E-state index < -0.39 is 17.5 Å². The Bertz CT molecular complexity index is 742. The van der Waals surface area contributed by atoms with Gasteiger partial charge in [-0.2, -0.15) is 5.10 Å². The van der Waals surface area contributed by atoms with Gasteiger partial charge in [-0.05, 0) is 0 Å². The summed E-state index contributed by atoms with van der Waals surface area (Å²) in [5, 5.41) is 12.8. The second-order valence-corrected chi connectivity index (χ2v) is 5.33. The van der Waals surface area contributed by atoms with Crippen molar-refractivity contribution in [2.75, 3.05) is 18.0 Å². The molecule has 23 heavy (non-hydrogen) atoms. The number of carboxylic acid groups (broad SMARTS) is 1. The molecule has 1 aliphatic heterocycles. The van der Waals surface area contributed by atoms with Crippen LogP contribution in [0.25, 0.3) is 11.5 Å². The summed E-state index contributed by atoms with van der Waals surface area (Å²) in [6.45, 7) is 0.263. The molecule has 0 radical (unpaired) electrons. The molecule has 0 aromatic carbocycles. The highest BCUT2D eigenvalue weighted by Crippen LogP contribution is 2.29. The van der Waals surface area contributed by atoms with Crippen LogP contribution in [0.4, 0.5) is 14.7 Å². The van der Waals surface area contributed by atoms with Crippen LogP contribution in [0.3, 0.4) is 0 Å². The largest absolute Gasteiger partial charge is 0.479 e. The first-order valence-corrected chi connectivity index (χ1v) is 6.95. The molecule has 0 amide bonds. The number of carboxylic acids is 1. The summed E-state index contributed by atoms with van der Waals surface area (Å²) in [4.78, 5) is 24.5. The van der Waals surface area contributed by atoms with Crippen molar-refractivity contribution < 1.29 is 18.7 Å². The highest BCUT2D eigenvalue weighted by Gasteiger charge is 2.42. The minimum Gasteiger partial charge on any atom is -0.479 e. The lowest BCUT2D eigenvalue weighted by Gasteiger charge is -2.33. The molecule has 2 aromatic heterocycles. The van der Waals surface area contributed by atoms with Crippen LogP contribution in [0.2, 0.25) is 0 Å². The van der Waals surface area contributed by atoms with Crippen molar-refractivity contribution in [1.82, 2.24) is 24.7 Å². The first kappa shape index (κ1) is 15.3. The van der Waals surface area contributed by atoms with E-state index in [1.807, 2.05) is 0 Å². The summed E-state index contributed by atoms with van der Waals surface area (Å²) in [5.41, 5.74) is -2.24. The Hall–Kier alpha value is -2.65. The van der Waals surface area contributed by atoms with E-state index >= 15 is 0 Å². The van der Waals surface area contributed by atoms with E-state index in [1.165, 1.54) is 11.0 Å². The Morgan fingerprint density at radius 1 is 1.35 bits per heavy atom. The summed E-state index contributed by atoms with van der Waals surface area (Å²) in [7, 11) is 1.61. The smallest absolute Gasteiger partial charge is 0.341 e. The average Bonchev–Trinajstić information content (AvgIpc) is 2.94. The monoisotopic (exact) mass is 324 g/mol. The van der Waals surface area contributed by atoms with Crippen LogP contribution in [-0.4, -0.2) is 54.6 Å². The Kier molecular flexibility index (Phi) is 3.66. The molecule has 8 nitrogen and oxygen atoms in total. The van der Waals surface area contributed by atoms with Crippen LogP contribution in [0.5, 0.6) is 0 Å². The highest BCUT2D eigenvalue weighted by molar-refractivity contribution is 5.77. The maximum atomic E-state index is 14.1. The molecule has 0 atom stereocenters. The number of aliphatic carboxylic acids is 1. The average molecular weight is 324 g/mol. The van der Waals surface area contributed by atoms with Gasteiger partial charge < -0.3 is 10.0 Å². The number of halogens is 2. The first-order chi connectivity index (χ1) is 10.9. The zero-order valence-electron chi connectivity index (χ0n) is 12.3. The van der Waals surface area contributed by atoms with Crippen molar-refractivity contribution in [2.45, 2.75) is 18.5 Å². The maximum absolute atomic E-state index is 14.1. The second-order valence-electron chi connectivity index (χ2n) is 5.33. The number of nitrogens with zero attached hydrogens (tertiary/aromatic N) is 6. The molecule has 122 valence electrons. The molecule has 0 bridgehead atoms. The number of hydrogen-bond donors (Lipinski definition) is 1. The standard InChI is InChI=1S/C13H14F2N6O2/c1-20-10(17-7-18-20)9-8(14)6-16-12(19-9)21-4-2-13(15,3-5-21)11(22)23/h6-7H,2-5H2,1H3,(H,22,23). The number of aromatic nitrogens is 5. The van der Waals surface area contributed by atoms with Gasteiger partial charge in [0, 0.05) is 33.0 Å². The topological polar surface area (TPSA) is 97.0 Å². The third-order valence-electron chi connectivity index (χ3n) is 3.88. The Morgan fingerprint density at radius 3 is 2.61 bits per heavy atom. The molecule has 0 saturated carbocycles. The van der Waals surface area contributed by atoms with Crippen LogP contribution < -0.4 is 4.90 Å². The molecular weight excluding hydrogens is 310 g/mol. The molecule has 1 aliphatic rings. The molecular formula is C13H14F2N6O2. The maximum Gasteiger partial charge on any atom is 0.341 e. The number of hydrogen-bond acceptors (Lipinski definition) is 6. The van der Waals surface area contributed by atoms with Gasteiger partial charge in [0.2, 0.25) is 11.6 Å². The predicted molar refractivity (Wildman–Crippen MR) is 74.9 cm³/mol. The highest BCUT2D eigenvalue weighted by atomic mass is 19.1. The SMILES string of the molecule is Cn1ncnc1-c1nc(N2CCC(F)(C(=O)O)CC2)ncc1F. The quantitative estimate of drug-likeness (QED) is 0.892. The number of carbonyl (C=O) groups is 1. The van der Waals surface area contributed by atoms with Crippen LogP contribution in [0, 0.1) is 5.82 Å².